The molecule has 2 aromatic rings. The molecule has 1 saturated heterocycles. The number of benzene rings is 1. The van der Waals surface area contributed by atoms with Crippen molar-refractivity contribution in [2.45, 2.75) is 31.0 Å². The van der Waals surface area contributed by atoms with Crippen LogP contribution in [0.25, 0.3) is 0 Å². The number of fused-ring (bicyclic) bond motifs is 3. The normalized spacial score (nSPS) is 22.5. The van der Waals surface area contributed by atoms with Gasteiger partial charge in [-0.2, -0.15) is 5.10 Å². The van der Waals surface area contributed by atoms with Crippen LogP contribution in [0, 0.1) is 19.8 Å². The fraction of sp³-hybridized carbons (Fsp3) is 0.435. The molecular formula is C23H26N4O2S2. The number of aryl methyl sites for hydroxylation is 2. The maximum atomic E-state index is 13.3. The number of Topliss-reactive ketones (excluding diaryl/α,β-unsaturated/α-hetero) is 1. The molecule has 1 fully saturated rings. The second-order valence-corrected chi connectivity index (χ2v) is 10.8. The van der Waals surface area contributed by atoms with Crippen molar-refractivity contribution < 1.29 is 9.59 Å². The van der Waals surface area contributed by atoms with Crippen LogP contribution in [0.2, 0.25) is 0 Å². The molecule has 31 heavy (non-hydrogen) atoms. The summed E-state index contributed by atoms with van der Waals surface area (Å²) in [5.41, 5.74) is 8.81. The number of anilines is 1. The molecule has 162 valence electrons. The second-order valence-electron chi connectivity index (χ2n) is 8.45. The number of nitrogens with zero attached hydrogens (tertiary/aromatic N) is 3. The zero-order chi connectivity index (χ0) is 21.7. The Hall–Kier alpha value is -2.32. The fourth-order valence-electron chi connectivity index (χ4n) is 4.79. The van der Waals surface area contributed by atoms with Crippen molar-refractivity contribution in [3.05, 3.63) is 45.8 Å². The van der Waals surface area contributed by atoms with E-state index in [1.165, 1.54) is 21.0 Å². The van der Waals surface area contributed by atoms with E-state index >= 15 is 0 Å². The molecule has 0 spiro atoms. The molecule has 2 unspecified atom stereocenters. The highest BCUT2D eigenvalue weighted by Crippen LogP contribution is 2.46. The summed E-state index contributed by atoms with van der Waals surface area (Å²) in [7, 11) is 0. The Labute approximate surface area is 190 Å². The number of thioether (sulfide) groups is 1. The topological polar surface area (TPSA) is 65.0 Å². The van der Waals surface area contributed by atoms with Crippen molar-refractivity contribution in [1.82, 2.24) is 10.3 Å². The number of hydrazone groups is 1. The summed E-state index contributed by atoms with van der Waals surface area (Å²) in [6, 6.07) is 8.36. The molecule has 5 rings (SSSR count). The molecule has 3 aliphatic heterocycles. The molecule has 6 nitrogen and oxygen atoms in total. The van der Waals surface area contributed by atoms with E-state index in [0.717, 1.165) is 29.3 Å². The first-order chi connectivity index (χ1) is 14.9. The van der Waals surface area contributed by atoms with E-state index in [9.17, 15) is 9.59 Å². The number of carbonyl (C=O) groups is 2. The summed E-state index contributed by atoms with van der Waals surface area (Å²) in [6.07, 6.45) is 0. The van der Waals surface area contributed by atoms with Gasteiger partial charge >= 0.3 is 0 Å². The number of ketones is 1. The molecular weight excluding hydrogens is 428 g/mol. The molecule has 0 radical (unpaired) electrons. The van der Waals surface area contributed by atoms with Crippen LogP contribution in [-0.2, 0) is 4.79 Å². The molecule has 2 atom stereocenters. The Bertz CT molecular complexity index is 1060. The number of piperazine rings is 1. The van der Waals surface area contributed by atoms with Crippen LogP contribution >= 0.6 is 23.1 Å². The molecule has 0 saturated carbocycles. The van der Waals surface area contributed by atoms with E-state index in [4.69, 9.17) is 0 Å². The van der Waals surface area contributed by atoms with Gasteiger partial charge in [0.15, 0.2) is 5.78 Å². The van der Waals surface area contributed by atoms with Crippen LogP contribution in [0.3, 0.4) is 0 Å². The molecule has 0 aliphatic carbocycles. The second kappa shape index (κ2) is 7.98. The van der Waals surface area contributed by atoms with Gasteiger partial charge in [0.1, 0.15) is 5.71 Å². The van der Waals surface area contributed by atoms with Gasteiger partial charge in [0.05, 0.1) is 15.1 Å². The summed E-state index contributed by atoms with van der Waals surface area (Å²) in [4.78, 5) is 30.2. The van der Waals surface area contributed by atoms with E-state index in [1.807, 2.05) is 11.0 Å². The summed E-state index contributed by atoms with van der Waals surface area (Å²) in [5, 5.41) is 4.48. The van der Waals surface area contributed by atoms with Crippen LogP contribution in [0.15, 0.2) is 33.6 Å². The third kappa shape index (κ3) is 3.55. The molecule has 4 heterocycles. The molecule has 8 heteroatoms. The van der Waals surface area contributed by atoms with E-state index in [0.29, 0.717) is 18.8 Å². The van der Waals surface area contributed by atoms with Crippen LogP contribution in [0.4, 0.5) is 5.69 Å². The third-order valence-corrected chi connectivity index (χ3v) is 9.09. The molecule has 1 aromatic heterocycles. The number of carbonyl (C=O) groups excluding carboxylic acids is 2. The monoisotopic (exact) mass is 454 g/mol. The minimum Gasteiger partial charge on any atom is -0.368 e. The Morgan fingerprint density at radius 2 is 1.84 bits per heavy atom. The largest absolute Gasteiger partial charge is 0.368 e. The van der Waals surface area contributed by atoms with Crippen LogP contribution in [-0.4, -0.2) is 54.2 Å². The third-order valence-electron chi connectivity index (χ3n) is 6.42. The van der Waals surface area contributed by atoms with Crippen molar-refractivity contribution in [2.24, 2.45) is 11.0 Å². The van der Waals surface area contributed by atoms with Gasteiger partial charge in [0, 0.05) is 49.1 Å². The minimum absolute atomic E-state index is 0.00421. The van der Waals surface area contributed by atoms with Gasteiger partial charge < -0.3 is 15.2 Å². The lowest BCUT2D eigenvalue weighted by Crippen LogP contribution is -2.52. The summed E-state index contributed by atoms with van der Waals surface area (Å²) < 4.78 is 1.17. The predicted octanol–water partition coefficient (Wildman–Crippen LogP) is 3.64. The Balaban J connectivity index is 1.27. The van der Waals surface area contributed by atoms with Gasteiger partial charge in [0.25, 0.3) is 5.91 Å². The van der Waals surface area contributed by atoms with Gasteiger partial charge in [-0.1, -0.05) is 18.2 Å². The van der Waals surface area contributed by atoms with Gasteiger partial charge in [-0.05, 0) is 38.0 Å². The first-order valence-electron chi connectivity index (χ1n) is 10.6. The zero-order valence-electron chi connectivity index (χ0n) is 18.0. The van der Waals surface area contributed by atoms with E-state index in [2.05, 4.69) is 47.5 Å². The highest BCUT2D eigenvalue weighted by atomic mass is 32.2. The average molecular weight is 455 g/mol. The predicted molar refractivity (Wildman–Crippen MR) is 127 cm³/mol. The first-order valence-corrected chi connectivity index (χ1v) is 12.4. The first kappa shape index (κ1) is 20.6. The van der Waals surface area contributed by atoms with E-state index < -0.39 is 0 Å². The number of para-hydroxylation sites is 1. The number of hydrogen-bond donors (Lipinski definition) is 1. The molecule has 1 aromatic carbocycles. The number of rotatable bonds is 3. The maximum absolute atomic E-state index is 13.3. The summed E-state index contributed by atoms with van der Waals surface area (Å²) in [5.74, 6) is 1.01. The highest BCUT2D eigenvalue weighted by Gasteiger charge is 2.43. The maximum Gasteiger partial charge on any atom is 0.270 e. The molecule has 0 bridgehead atoms. The van der Waals surface area contributed by atoms with Crippen LogP contribution in [0.5, 0.6) is 0 Å². The smallest absolute Gasteiger partial charge is 0.270 e. The fourth-order valence-corrected chi connectivity index (χ4v) is 7.37. The number of hydrogen-bond acceptors (Lipinski definition) is 7. The Morgan fingerprint density at radius 1 is 1.13 bits per heavy atom. The number of thiophene rings is 1. The van der Waals surface area contributed by atoms with Crippen LogP contribution in [0.1, 0.15) is 39.3 Å². The van der Waals surface area contributed by atoms with Gasteiger partial charge in [0.2, 0.25) is 0 Å². The van der Waals surface area contributed by atoms with Gasteiger partial charge in [-0.3, -0.25) is 9.59 Å². The van der Waals surface area contributed by atoms with Crippen molar-refractivity contribution in [3.8, 4) is 0 Å². The zero-order valence-corrected chi connectivity index (χ0v) is 19.6. The standard InChI is InChI=1S/C23H26N4O2S2/c1-13-5-4-6-14(2)21(13)26-7-9-27(10-8-26)22(29)20-17-12-30-23-16(19(17)24-25-20)11-18(31-23)15(3)28/h4-6,11,17,19,24H,7-10,12H2,1-3H3. The van der Waals surface area contributed by atoms with Gasteiger partial charge in [-0.15, -0.1) is 23.1 Å². The lowest BCUT2D eigenvalue weighted by molar-refractivity contribution is -0.124. The lowest BCUT2D eigenvalue weighted by atomic mass is 9.92. The number of nitrogens with one attached hydrogen (secondary N) is 1. The van der Waals surface area contributed by atoms with Gasteiger partial charge in [-0.25, -0.2) is 0 Å². The number of amides is 1. The Morgan fingerprint density at radius 3 is 2.52 bits per heavy atom. The SMILES string of the molecule is CC(=O)c1cc2c(s1)SCC1C(C(=O)N3CCN(c4c(C)cccc4C)CC3)=NNC21. The highest BCUT2D eigenvalue weighted by molar-refractivity contribution is 8.01. The van der Waals surface area contributed by atoms with Crippen molar-refractivity contribution in [1.29, 1.82) is 0 Å². The van der Waals surface area contributed by atoms with Crippen molar-refractivity contribution >= 4 is 46.2 Å². The van der Waals surface area contributed by atoms with Crippen molar-refractivity contribution in [3.63, 3.8) is 0 Å². The van der Waals surface area contributed by atoms with E-state index in [1.54, 1.807) is 30.0 Å². The molecule has 1 N–H and O–H groups in total. The average Bonchev–Trinajstić information content (AvgIpc) is 3.38. The van der Waals surface area contributed by atoms with Crippen molar-refractivity contribution in [2.75, 3.05) is 36.8 Å². The molecule has 3 aliphatic rings. The Kier molecular flexibility index (Phi) is 5.30. The molecule has 1 amide bonds. The summed E-state index contributed by atoms with van der Waals surface area (Å²) >= 11 is 3.29. The summed E-state index contributed by atoms with van der Waals surface area (Å²) in [6.45, 7) is 8.97. The minimum atomic E-state index is -0.00421. The lowest BCUT2D eigenvalue weighted by Gasteiger charge is -2.38. The van der Waals surface area contributed by atoms with E-state index in [-0.39, 0.29) is 23.7 Å². The van der Waals surface area contributed by atoms with Crippen LogP contribution < -0.4 is 10.3 Å². The quantitative estimate of drug-likeness (QED) is 0.718.